The number of benzene rings is 1. The molecule has 6 heteroatoms. The molecule has 1 aromatic rings. The summed E-state index contributed by atoms with van der Waals surface area (Å²) in [6, 6.07) is 2.88. The van der Waals surface area contributed by atoms with E-state index in [1.165, 1.54) is 0 Å². The van der Waals surface area contributed by atoms with Gasteiger partial charge in [0.05, 0.1) is 5.69 Å². The second kappa shape index (κ2) is 5.20. The maximum atomic E-state index is 13.1. The minimum Gasteiger partial charge on any atom is -0.477 e. The van der Waals surface area contributed by atoms with Crippen LogP contribution in [0.3, 0.4) is 0 Å². The van der Waals surface area contributed by atoms with E-state index in [1.54, 1.807) is 6.92 Å². The van der Waals surface area contributed by atoms with Gasteiger partial charge >= 0.3 is 5.97 Å². The van der Waals surface area contributed by atoms with Crippen molar-refractivity contribution in [2.45, 2.75) is 13.3 Å². The van der Waals surface area contributed by atoms with E-state index >= 15 is 0 Å². The molecule has 16 heavy (non-hydrogen) atoms. The summed E-state index contributed by atoms with van der Waals surface area (Å²) in [5.41, 5.74) is 2.03. The van der Waals surface area contributed by atoms with Crippen molar-refractivity contribution in [3.05, 3.63) is 29.8 Å². The fourth-order valence-electron chi connectivity index (χ4n) is 0.986. The predicted molar refractivity (Wildman–Crippen MR) is 55.3 cm³/mol. The van der Waals surface area contributed by atoms with Crippen LogP contribution in [0.4, 0.5) is 14.5 Å². The highest BCUT2D eigenvalue weighted by atomic mass is 19.1. The molecule has 0 aliphatic rings. The summed E-state index contributed by atoms with van der Waals surface area (Å²) in [6.45, 7) is 1.61. The molecular formula is C10H10F2N2O2. The molecule has 86 valence electrons. The molecule has 0 saturated heterocycles. The van der Waals surface area contributed by atoms with Gasteiger partial charge in [-0.3, -0.25) is 5.43 Å². The van der Waals surface area contributed by atoms with E-state index in [1.807, 2.05) is 0 Å². The van der Waals surface area contributed by atoms with Gasteiger partial charge in [-0.1, -0.05) is 6.92 Å². The van der Waals surface area contributed by atoms with E-state index in [0.29, 0.717) is 6.07 Å². The van der Waals surface area contributed by atoms with Crippen molar-refractivity contribution in [2.75, 3.05) is 5.43 Å². The summed E-state index contributed by atoms with van der Waals surface area (Å²) in [7, 11) is 0. The molecule has 1 rings (SSSR count). The van der Waals surface area contributed by atoms with Crippen molar-refractivity contribution in [1.29, 1.82) is 0 Å². The van der Waals surface area contributed by atoms with Crippen molar-refractivity contribution >= 4 is 17.4 Å². The zero-order valence-electron chi connectivity index (χ0n) is 8.50. The molecule has 0 aliphatic carbocycles. The Labute approximate surface area is 90.6 Å². The minimum atomic E-state index is -1.18. The van der Waals surface area contributed by atoms with Crippen molar-refractivity contribution < 1.29 is 18.7 Å². The van der Waals surface area contributed by atoms with Gasteiger partial charge in [0, 0.05) is 6.07 Å². The van der Waals surface area contributed by atoms with Crippen LogP contribution in [0.25, 0.3) is 0 Å². The van der Waals surface area contributed by atoms with Crippen LogP contribution < -0.4 is 5.43 Å². The molecule has 0 aliphatic heterocycles. The number of rotatable bonds is 4. The first-order valence-corrected chi connectivity index (χ1v) is 4.55. The Morgan fingerprint density at radius 1 is 1.50 bits per heavy atom. The lowest BCUT2D eigenvalue weighted by Crippen LogP contribution is -2.13. The quantitative estimate of drug-likeness (QED) is 0.613. The molecule has 0 amide bonds. The molecule has 0 heterocycles. The van der Waals surface area contributed by atoms with Crippen LogP contribution in [-0.2, 0) is 4.79 Å². The van der Waals surface area contributed by atoms with Gasteiger partial charge in [-0.05, 0) is 18.6 Å². The number of halogens is 2. The molecule has 0 radical (unpaired) electrons. The number of nitrogens with zero attached hydrogens (tertiary/aromatic N) is 1. The normalized spacial score (nSPS) is 11.3. The Hall–Kier alpha value is -1.98. The molecule has 0 saturated carbocycles. The lowest BCUT2D eigenvalue weighted by Gasteiger charge is -2.03. The molecular weight excluding hydrogens is 218 g/mol. The maximum absolute atomic E-state index is 13.1. The molecule has 0 fully saturated rings. The minimum absolute atomic E-state index is 0.0754. The molecule has 1 aromatic carbocycles. The lowest BCUT2D eigenvalue weighted by molar-refractivity contribution is -0.129. The summed E-state index contributed by atoms with van der Waals surface area (Å²) in [5.74, 6) is -2.72. The van der Waals surface area contributed by atoms with Gasteiger partial charge in [-0.25, -0.2) is 13.6 Å². The zero-order chi connectivity index (χ0) is 12.1. The zero-order valence-corrected chi connectivity index (χ0v) is 8.50. The Kier molecular flexibility index (Phi) is 3.93. The van der Waals surface area contributed by atoms with Crippen LogP contribution in [0, 0.1) is 11.6 Å². The van der Waals surface area contributed by atoms with E-state index in [9.17, 15) is 13.6 Å². The van der Waals surface area contributed by atoms with Crippen LogP contribution in [-0.4, -0.2) is 16.8 Å². The topological polar surface area (TPSA) is 61.7 Å². The smallest absolute Gasteiger partial charge is 0.352 e. The molecule has 0 unspecified atom stereocenters. The number of hydrogen-bond donors (Lipinski definition) is 2. The van der Waals surface area contributed by atoms with E-state index in [4.69, 9.17) is 5.11 Å². The Balaban J connectivity index is 2.85. The highest BCUT2D eigenvalue weighted by Gasteiger charge is 2.07. The van der Waals surface area contributed by atoms with E-state index < -0.39 is 17.6 Å². The van der Waals surface area contributed by atoms with E-state index in [-0.39, 0.29) is 17.8 Å². The van der Waals surface area contributed by atoms with Gasteiger partial charge < -0.3 is 5.11 Å². The SMILES string of the molecule is CC/C(=N/Nc1ccc(F)cc1F)C(=O)O. The largest absolute Gasteiger partial charge is 0.477 e. The first-order valence-electron chi connectivity index (χ1n) is 4.55. The number of hydrogen-bond acceptors (Lipinski definition) is 3. The first kappa shape index (κ1) is 12.1. The average molecular weight is 228 g/mol. The van der Waals surface area contributed by atoms with E-state index in [0.717, 1.165) is 12.1 Å². The third-order valence-corrected chi connectivity index (χ3v) is 1.82. The summed E-state index contributed by atoms with van der Waals surface area (Å²) in [4.78, 5) is 10.6. The van der Waals surface area contributed by atoms with Gasteiger partial charge in [-0.2, -0.15) is 5.10 Å². The lowest BCUT2D eigenvalue weighted by atomic mass is 10.3. The fourth-order valence-corrected chi connectivity index (χ4v) is 0.986. The van der Waals surface area contributed by atoms with Crippen LogP contribution in [0.15, 0.2) is 23.3 Å². The second-order valence-electron chi connectivity index (χ2n) is 2.95. The molecule has 0 bridgehead atoms. The van der Waals surface area contributed by atoms with Crippen LogP contribution in [0.2, 0.25) is 0 Å². The highest BCUT2D eigenvalue weighted by Crippen LogP contribution is 2.14. The number of hydrazone groups is 1. The first-order chi connectivity index (χ1) is 7.54. The summed E-state index contributed by atoms with van der Waals surface area (Å²) >= 11 is 0. The molecule has 0 aromatic heterocycles. The van der Waals surface area contributed by atoms with E-state index in [2.05, 4.69) is 10.5 Å². The van der Waals surface area contributed by atoms with Gasteiger partial charge in [0.1, 0.15) is 11.5 Å². The number of anilines is 1. The average Bonchev–Trinajstić information content (AvgIpc) is 2.21. The Bertz CT molecular complexity index is 433. The van der Waals surface area contributed by atoms with Gasteiger partial charge in [0.15, 0.2) is 5.82 Å². The fraction of sp³-hybridized carbons (Fsp3) is 0.200. The highest BCUT2D eigenvalue weighted by molar-refractivity contribution is 6.35. The third kappa shape index (κ3) is 3.01. The standard InChI is InChI=1S/C10H10F2N2O2/c1-2-8(10(15)16)13-14-9-4-3-6(11)5-7(9)12/h3-5,14H,2H2,1H3,(H,15,16)/b13-8-. The Morgan fingerprint density at radius 3 is 2.69 bits per heavy atom. The van der Waals surface area contributed by atoms with Crippen molar-refractivity contribution in [3.8, 4) is 0 Å². The summed E-state index contributed by atoms with van der Waals surface area (Å²) in [6.07, 6.45) is 0.200. The maximum Gasteiger partial charge on any atom is 0.352 e. The van der Waals surface area contributed by atoms with Gasteiger partial charge in [0.25, 0.3) is 0 Å². The van der Waals surface area contributed by atoms with Crippen molar-refractivity contribution in [1.82, 2.24) is 0 Å². The summed E-state index contributed by atoms with van der Waals surface area (Å²) < 4.78 is 25.6. The molecule has 0 spiro atoms. The predicted octanol–water partition coefficient (Wildman–Crippen LogP) is 2.23. The monoisotopic (exact) mass is 228 g/mol. The molecule has 0 atom stereocenters. The number of aliphatic carboxylic acids is 1. The number of carboxylic acid groups (broad SMARTS) is 1. The van der Waals surface area contributed by atoms with Crippen molar-refractivity contribution in [2.24, 2.45) is 5.10 Å². The molecule has 4 nitrogen and oxygen atoms in total. The number of carbonyl (C=O) groups is 1. The summed E-state index contributed by atoms with van der Waals surface area (Å²) in [5, 5.41) is 12.1. The van der Waals surface area contributed by atoms with Crippen molar-refractivity contribution in [3.63, 3.8) is 0 Å². The van der Waals surface area contributed by atoms with Gasteiger partial charge in [-0.15, -0.1) is 0 Å². The van der Waals surface area contributed by atoms with Crippen LogP contribution >= 0.6 is 0 Å². The van der Waals surface area contributed by atoms with Gasteiger partial charge in [0.2, 0.25) is 0 Å². The Morgan fingerprint density at radius 2 is 2.19 bits per heavy atom. The second-order valence-corrected chi connectivity index (χ2v) is 2.95. The number of nitrogens with one attached hydrogen (secondary N) is 1. The number of carboxylic acids is 1. The third-order valence-electron chi connectivity index (χ3n) is 1.82. The van der Waals surface area contributed by atoms with Crippen LogP contribution in [0.5, 0.6) is 0 Å². The van der Waals surface area contributed by atoms with Crippen LogP contribution in [0.1, 0.15) is 13.3 Å². The molecule has 2 N–H and O–H groups in total.